The number of ether oxygens (including phenoxy) is 2. The van der Waals surface area contributed by atoms with Crippen LogP contribution in [0.1, 0.15) is 20.7 Å². The van der Waals surface area contributed by atoms with Gasteiger partial charge in [0.1, 0.15) is 0 Å². The minimum Gasteiger partial charge on any atom is -0.386 e. The summed E-state index contributed by atoms with van der Waals surface area (Å²) < 4.78 is 9.04. The van der Waals surface area contributed by atoms with Crippen LogP contribution in [0.3, 0.4) is 0 Å². The van der Waals surface area contributed by atoms with E-state index in [1.54, 1.807) is 36.4 Å². The summed E-state index contributed by atoms with van der Waals surface area (Å²) in [5.41, 5.74) is 0.391. The first-order chi connectivity index (χ1) is 11.6. The lowest BCUT2D eigenvalue weighted by atomic mass is 10.2. The van der Waals surface area contributed by atoms with Gasteiger partial charge < -0.3 is 9.47 Å². The molecule has 2 aromatic carbocycles. The number of hydrogen-bond acceptors (Lipinski definition) is 6. The lowest BCUT2D eigenvalue weighted by molar-refractivity contribution is -0.135. The third-order valence-corrected chi connectivity index (χ3v) is 2.76. The fourth-order valence-electron chi connectivity index (χ4n) is 1.65. The Labute approximate surface area is 137 Å². The molecule has 0 N–H and O–H groups in total. The largest absolute Gasteiger partial charge is 0.386 e. The summed E-state index contributed by atoms with van der Waals surface area (Å²) in [7, 11) is 0. The number of carbonyl (C=O) groups is 4. The van der Waals surface area contributed by atoms with Crippen LogP contribution in [0.2, 0.25) is 0 Å². The third-order valence-electron chi connectivity index (χ3n) is 2.76. The molecule has 0 aliphatic carbocycles. The minimum absolute atomic E-state index is 0.195. The zero-order valence-electron chi connectivity index (χ0n) is 12.4. The molecule has 0 heterocycles. The molecule has 0 amide bonds. The van der Waals surface area contributed by atoms with Crippen LogP contribution in [-0.4, -0.2) is 23.9 Å². The van der Waals surface area contributed by atoms with Crippen molar-refractivity contribution in [2.75, 3.05) is 0 Å². The summed E-state index contributed by atoms with van der Waals surface area (Å²) in [5.74, 6) is -3.79. The Morgan fingerprint density at radius 1 is 0.583 bits per heavy atom. The van der Waals surface area contributed by atoms with Crippen LogP contribution >= 0.6 is 0 Å². The van der Waals surface area contributed by atoms with Crippen molar-refractivity contribution in [1.82, 2.24) is 0 Å². The number of carbonyl (C=O) groups excluding carboxylic acids is 4. The third kappa shape index (κ3) is 5.03. The SMILES string of the molecule is O=C(/C=C\C(=O)OC(=O)c1ccccc1)OC(=O)c1ccccc1. The van der Waals surface area contributed by atoms with Gasteiger partial charge in [-0.1, -0.05) is 36.4 Å². The monoisotopic (exact) mass is 324 g/mol. The van der Waals surface area contributed by atoms with Gasteiger partial charge >= 0.3 is 23.9 Å². The molecular formula is C18H12O6. The van der Waals surface area contributed by atoms with E-state index in [1.165, 1.54) is 24.3 Å². The molecule has 24 heavy (non-hydrogen) atoms. The molecule has 0 aromatic heterocycles. The molecule has 0 aliphatic heterocycles. The first kappa shape index (κ1) is 16.8. The van der Waals surface area contributed by atoms with E-state index >= 15 is 0 Å². The molecule has 0 radical (unpaired) electrons. The molecule has 0 atom stereocenters. The summed E-state index contributed by atoms with van der Waals surface area (Å²) in [4.78, 5) is 46.2. The normalized spacial score (nSPS) is 10.2. The van der Waals surface area contributed by atoms with Gasteiger partial charge in [0.05, 0.1) is 11.1 Å². The molecule has 2 rings (SSSR count). The predicted molar refractivity (Wildman–Crippen MR) is 82.9 cm³/mol. The lowest BCUT2D eigenvalue weighted by Gasteiger charge is -2.00. The average Bonchev–Trinajstić information content (AvgIpc) is 2.61. The van der Waals surface area contributed by atoms with Gasteiger partial charge in [0, 0.05) is 12.2 Å². The smallest absolute Gasteiger partial charge is 0.346 e. The van der Waals surface area contributed by atoms with Gasteiger partial charge in [-0.3, -0.25) is 0 Å². The molecule has 0 saturated carbocycles. The average molecular weight is 324 g/mol. The van der Waals surface area contributed by atoms with Crippen molar-refractivity contribution in [2.24, 2.45) is 0 Å². The maximum atomic E-state index is 11.6. The molecule has 6 heteroatoms. The molecule has 120 valence electrons. The molecule has 0 saturated heterocycles. The van der Waals surface area contributed by atoms with Crippen molar-refractivity contribution in [3.8, 4) is 0 Å². The van der Waals surface area contributed by atoms with E-state index in [1.807, 2.05) is 0 Å². The van der Waals surface area contributed by atoms with E-state index in [4.69, 9.17) is 0 Å². The van der Waals surface area contributed by atoms with Crippen molar-refractivity contribution in [3.63, 3.8) is 0 Å². The molecule has 2 aromatic rings. The van der Waals surface area contributed by atoms with Crippen molar-refractivity contribution < 1.29 is 28.7 Å². The predicted octanol–water partition coefficient (Wildman–Crippen LogP) is 2.31. The van der Waals surface area contributed by atoms with Gasteiger partial charge in [-0.05, 0) is 24.3 Å². The highest BCUT2D eigenvalue weighted by Crippen LogP contribution is 2.03. The second-order valence-electron chi connectivity index (χ2n) is 4.48. The second-order valence-corrected chi connectivity index (χ2v) is 4.48. The van der Waals surface area contributed by atoms with Gasteiger partial charge in [0.15, 0.2) is 0 Å². The summed E-state index contributed by atoms with van der Waals surface area (Å²) in [6.07, 6.45) is 1.42. The fourth-order valence-corrected chi connectivity index (χ4v) is 1.65. The Hall–Kier alpha value is -3.54. The summed E-state index contributed by atoms with van der Waals surface area (Å²) in [6, 6.07) is 15.8. The van der Waals surface area contributed by atoms with Gasteiger partial charge in [-0.2, -0.15) is 0 Å². The highest BCUT2D eigenvalue weighted by atomic mass is 16.6. The van der Waals surface area contributed by atoms with E-state index < -0.39 is 23.9 Å². The topological polar surface area (TPSA) is 86.7 Å². The van der Waals surface area contributed by atoms with Crippen LogP contribution in [0.5, 0.6) is 0 Å². The number of rotatable bonds is 4. The standard InChI is InChI=1S/C18H12O6/c19-15(23-17(21)13-7-3-1-4-8-13)11-12-16(20)24-18(22)14-9-5-2-6-10-14/h1-12H/b12-11-. The molecule has 0 spiro atoms. The van der Waals surface area contributed by atoms with E-state index in [9.17, 15) is 19.2 Å². The zero-order chi connectivity index (χ0) is 17.4. The molecule has 0 unspecified atom stereocenters. The van der Waals surface area contributed by atoms with Crippen molar-refractivity contribution in [1.29, 1.82) is 0 Å². The fraction of sp³-hybridized carbons (Fsp3) is 0. The van der Waals surface area contributed by atoms with E-state index in [0.29, 0.717) is 12.2 Å². The number of benzene rings is 2. The van der Waals surface area contributed by atoms with Crippen LogP contribution in [-0.2, 0) is 19.1 Å². The molecular weight excluding hydrogens is 312 g/mol. The van der Waals surface area contributed by atoms with E-state index in [-0.39, 0.29) is 11.1 Å². The molecule has 0 aliphatic rings. The van der Waals surface area contributed by atoms with Crippen LogP contribution < -0.4 is 0 Å². The van der Waals surface area contributed by atoms with Gasteiger partial charge in [-0.15, -0.1) is 0 Å². The first-order valence-electron chi connectivity index (χ1n) is 6.87. The van der Waals surface area contributed by atoms with E-state index in [2.05, 4.69) is 9.47 Å². The second kappa shape index (κ2) is 8.19. The Morgan fingerprint density at radius 2 is 0.917 bits per heavy atom. The maximum absolute atomic E-state index is 11.6. The van der Waals surface area contributed by atoms with Crippen LogP contribution in [0.15, 0.2) is 72.8 Å². The Balaban J connectivity index is 1.86. The Kier molecular flexibility index (Phi) is 5.74. The summed E-state index contributed by atoms with van der Waals surface area (Å²) in [5, 5.41) is 0. The Bertz CT molecular complexity index is 710. The first-order valence-corrected chi connectivity index (χ1v) is 6.87. The maximum Gasteiger partial charge on any atom is 0.346 e. The van der Waals surface area contributed by atoms with Crippen molar-refractivity contribution >= 4 is 23.9 Å². The number of hydrogen-bond donors (Lipinski definition) is 0. The van der Waals surface area contributed by atoms with Gasteiger partial charge in [-0.25, -0.2) is 19.2 Å². The van der Waals surface area contributed by atoms with Crippen molar-refractivity contribution in [2.45, 2.75) is 0 Å². The molecule has 6 nitrogen and oxygen atoms in total. The molecule has 0 bridgehead atoms. The summed E-state index contributed by atoms with van der Waals surface area (Å²) in [6.45, 7) is 0. The molecule has 0 fully saturated rings. The quantitative estimate of drug-likeness (QED) is 0.487. The van der Waals surface area contributed by atoms with Crippen LogP contribution in [0, 0.1) is 0 Å². The van der Waals surface area contributed by atoms with Crippen LogP contribution in [0.4, 0.5) is 0 Å². The van der Waals surface area contributed by atoms with Crippen molar-refractivity contribution in [3.05, 3.63) is 83.9 Å². The zero-order valence-corrected chi connectivity index (χ0v) is 12.4. The highest BCUT2D eigenvalue weighted by Gasteiger charge is 2.13. The highest BCUT2D eigenvalue weighted by molar-refractivity contribution is 6.04. The van der Waals surface area contributed by atoms with E-state index in [0.717, 1.165) is 0 Å². The minimum atomic E-state index is -1.05. The Morgan fingerprint density at radius 3 is 1.25 bits per heavy atom. The van der Waals surface area contributed by atoms with Gasteiger partial charge in [0.2, 0.25) is 0 Å². The van der Waals surface area contributed by atoms with Gasteiger partial charge in [0.25, 0.3) is 0 Å². The van der Waals surface area contributed by atoms with Crippen LogP contribution in [0.25, 0.3) is 0 Å². The lowest BCUT2D eigenvalue weighted by Crippen LogP contribution is -2.13. The summed E-state index contributed by atoms with van der Waals surface area (Å²) >= 11 is 0. The number of esters is 4.